The van der Waals surface area contributed by atoms with Crippen molar-refractivity contribution in [3.8, 4) is 0 Å². The van der Waals surface area contributed by atoms with Crippen LogP contribution in [-0.2, 0) is 32.6 Å². The lowest BCUT2D eigenvalue weighted by atomic mass is 10.0. The van der Waals surface area contributed by atoms with E-state index in [0.29, 0.717) is 30.1 Å². The van der Waals surface area contributed by atoms with Crippen molar-refractivity contribution in [3.05, 3.63) is 100 Å². The van der Waals surface area contributed by atoms with Crippen LogP contribution in [0.25, 0.3) is 0 Å². The summed E-state index contributed by atoms with van der Waals surface area (Å²) in [4.78, 5) is 28.7. The molecule has 0 heterocycles. The molecule has 1 N–H and O–H groups in total. The van der Waals surface area contributed by atoms with Gasteiger partial charge in [-0.15, -0.1) is 0 Å². The maximum atomic E-state index is 13.8. The van der Waals surface area contributed by atoms with Gasteiger partial charge in [-0.05, 0) is 73.7 Å². The highest BCUT2D eigenvalue weighted by molar-refractivity contribution is 7.92. The van der Waals surface area contributed by atoms with Gasteiger partial charge in [-0.2, -0.15) is 0 Å². The highest BCUT2D eigenvalue weighted by Crippen LogP contribution is 2.23. The van der Waals surface area contributed by atoms with Gasteiger partial charge in [0.2, 0.25) is 21.8 Å². The number of halogens is 1. The van der Waals surface area contributed by atoms with Crippen molar-refractivity contribution in [1.29, 1.82) is 0 Å². The van der Waals surface area contributed by atoms with Crippen molar-refractivity contribution < 1.29 is 18.0 Å². The number of rotatable bonds is 13. The van der Waals surface area contributed by atoms with Gasteiger partial charge in [0.1, 0.15) is 6.04 Å². The zero-order valence-corrected chi connectivity index (χ0v) is 25.1. The van der Waals surface area contributed by atoms with Gasteiger partial charge < -0.3 is 10.2 Å². The molecule has 9 heteroatoms. The second-order valence-electron chi connectivity index (χ2n) is 9.96. The summed E-state index contributed by atoms with van der Waals surface area (Å²) < 4.78 is 26.6. The first kappa shape index (κ1) is 31.2. The zero-order valence-electron chi connectivity index (χ0n) is 23.6. The Hall–Kier alpha value is -3.36. The van der Waals surface area contributed by atoms with Crippen LogP contribution in [0.4, 0.5) is 5.69 Å². The summed E-state index contributed by atoms with van der Waals surface area (Å²) in [6.07, 6.45) is 1.89. The van der Waals surface area contributed by atoms with Gasteiger partial charge >= 0.3 is 0 Å². The lowest BCUT2D eigenvalue weighted by Gasteiger charge is -2.32. The lowest BCUT2D eigenvalue weighted by Crippen LogP contribution is -2.50. The van der Waals surface area contributed by atoms with E-state index in [-0.39, 0.29) is 31.3 Å². The fourth-order valence-electron chi connectivity index (χ4n) is 4.52. The average Bonchev–Trinajstić information content (AvgIpc) is 2.91. The van der Waals surface area contributed by atoms with Gasteiger partial charge in [-0.1, -0.05) is 60.1 Å². The molecule has 3 rings (SSSR count). The molecule has 3 aromatic rings. The highest BCUT2D eigenvalue weighted by atomic mass is 35.5. The zero-order chi connectivity index (χ0) is 29.3. The van der Waals surface area contributed by atoms with E-state index in [4.69, 9.17) is 11.6 Å². The number of carbonyl (C=O) groups is 2. The van der Waals surface area contributed by atoms with E-state index in [2.05, 4.69) is 5.32 Å². The first-order chi connectivity index (χ1) is 19.0. The number of hydrogen-bond acceptors (Lipinski definition) is 4. The van der Waals surface area contributed by atoms with Crippen LogP contribution >= 0.6 is 11.6 Å². The number of nitrogens with one attached hydrogen (secondary N) is 1. The van der Waals surface area contributed by atoms with E-state index >= 15 is 0 Å². The number of nitrogens with zero attached hydrogens (tertiary/aromatic N) is 2. The first-order valence-corrected chi connectivity index (χ1v) is 15.6. The minimum atomic E-state index is -3.56. The van der Waals surface area contributed by atoms with Crippen molar-refractivity contribution in [2.75, 3.05) is 23.7 Å². The predicted molar refractivity (Wildman–Crippen MR) is 162 cm³/mol. The van der Waals surface area contributed by atoms with E-state index in [1.165, 1.54) is 10.6 Å². The Bertz CT molecular complexity index is 1400. The normalized spacial score (nSPS) is 12.0. The Morgan fingerprint density at radius 3 is 2.20 bits per heavy atom. The number of hydrogen-bond donors (Lipinski definition) is 1. The molecule has 0 saturated carbocycles. The van der Waals surface area contributed by atoms with Crippen LogP contribution in [0.5, 0.6) is 0 Å². The van der Waals surface area contributed by atoms with Crippen LogP contribution < -0.4 is 9.62 Å². The minimum absolute atomic E-state index is 0.0785. The van der Waals surface area contributed by atoms with Crippen molar-refractivity contribution in [2.24, 2.45) is 0 Å². The summed E-state index contributed by atoms with van der Waals surface area (Å²) >= 11 is 6.08. The molecule has 1 atom stereocenters. The number of sulfonamides is 1. The third-order valence-electron chi connectivity index (χ3n) is 6.82. The largest absolute Gasteiger partial charge is 0.355 e. The molecule has 1 unspecified atom stereocenters. The summed E-state index contributed by atoms with van der Waals surface area (Å²) in [6, 6.07) is 21.6. The molecule has 3 aromatic carbocycles. The summed E-state index contributed by atoms with van der Waals surface area (Å²) in [7, 11) is -3.56. The maximum Gasteiger partial charge on any atom is 0.243 e. The Kier molecular flexibility index (Phi) is 11.2. The Balaban J connectivity index is 1.86. The molecule has 0 aliphatic heterocycles. The molecule has 2 amide bonds. The standard InChI is InChI=1S/C31H38ClN3O4S/c1-5-33-31(37)29(21-25-10-7-6-8-11-25)34(22-26-14-16-27(32)17-15-26)30(36)12-9-19-35(40(4,38)39)28-18-13-23(2)24(3)20-28/h6-8,10-11,13-18,20,29H,5,9,12,19,21-22H2,1-4H3,(H,33,37). The quantitative estimate of drug-likeness (QED) is 0.297. The topological polar surface area (TPSA) is 86.8 Å². The van der Waals surface area contributed by atoms with Crippen LogP contribution in [0.3, 0.4) is 0 Å². The number of anilines is 1. The van der Waals surface area contributed by atoms with Gasteiger partial charge in [0, 0.05) is 37.5 Å². The molecule has 0 fully saturated rings. The summed E-state index contributed by atoms with van der Waals surface area (Å²) in [5, 5.41) is 3.46. The van der Waals surface area contributed by atoms with E-state index in [1.54, 1.807) is 23.1 Å². The first-order valence-electron chi connectivity index (χ1n) is 13.4. The SMILES string of the molecule is CCNC(=O)C(Cc1ccccc1)N(Cc1ccc(Cl)cc1)C(=O)CCCN(c1ccc(C)c(C)c1)S(C)(=O)=O. The minimum Gasteiger partial charge on any atom is -0.355 e. The van der Waals surface area contributed by atoms with Gasteiger partial charge in [-0.3, -0.25) is 13.9 Å². The molecule has 0 aromatic heterocycles. The molecular formula is C31H38ClN3O4S. The molecule has 214 valence electrons. The summed E-state index contributed by atoms with van der Waals surface area (Å²) in [5.74, 6) is -0.461. The average molecular weight is 584 g/mol. The molecule has 40 heavy (non-hydrogen) atoms. The van der Waals surface area contributed by atoms with Gasteiger partial charge in [0.25, 0.3) is 0 Å². The monoisotopic (exact) mass is 583 g/mol. The predicted octanol–water partition coefficient (Wildman–Crippen LogP) is 5.28. The third kappa shape index (κ3) is 8.83. The van der Waals surface area contributed by atoms with Gasteiger partial charge in [0.15, 0.2) is 0 Å². The molecule has 0 spiro atoms. The van der Waals surface area contributed by atoms with Gasteiger partial charge in [0.05, 0.1) is 11.9 Å². The smallest absolute Gasteiger partial charge is 0.243 e. The van der Waals surface area contributed by atoms with Crippen molar-refractivity contribution >= 4 is 39.1 Å². The van der Waals surface area contributed by atoms with Crippen LogP contribution in [0.15, 0.2) is 72.8 Å². The van der Waals surface area contributed by atoms with Crippen LogP contribution in [0.1, 0.15) is 42.0 Å². The second kappa shape index (κ2) is 14.3. The molecule has 7 nitrogen and oxygen atoms in total. The Morgan fingerprint density at radius 2 is 1.60 bits per heavy atom. The third-order valence-corrected chi connectivity index (χ3v) is 8.26. The maximum absolute atomic E-state index is 13.8. The number of likely N-dealkylation sites (N-methyl/N-ethyl adjacent to an activating group) is 1. The molecule has 0 saturated heterocycles. The van der Waals surface area contributed by atoms with Crippen molar-refractivity contribution in [2.45, 2.75) is 52.6 Å². The molecule has 0 aliphatic carbocycles. The van der Waals surface area contributed by atoms with Crippen LogP contribution in [0.2, 0.25) is 5.02 Å². The van der Waals surface area contributed by atoms with Crippen LogP contribution in [-0.4, -0.2) is 50.5 Å². The fourth-order valence-corrected chi connectivity index (χ4v) is 5.60. The number of carbonyl (C=O) groups excluding carboxylic acids is 2. The van der Waals surface area contributed by atoms with E-state index in [0.717, 1.165) is 22.3 Å². The summed E-state index contributed by atoms with van der Waals surface area (Å²) in [6.45, 7) is 6.55. The number of benzene rings is 3. The van der Waals surface area contributed by atoms with Crippen molar-refractivity contribution in [1.82, 2.24) is 10.2 Å². The summed E-state index contributed by atoms with van der Waals surface area (Å²) in [5.41, 5.74) is 4.40. The van der Waals surface area contributed by atoms with Crippen molar-refractivity contribution in [3.63, 3.8) is 0 Å². The van der Waals surface area contributed by atoms with Crippen LogP contribution in [0, 0.1) is 13.8 Å². The second-order valence-corrected chi connectivity index (χ2v) is 12.3. The molecular weight excluding hydrogens is 546 g/mol. The Morgan fingerprint density at radius 1 is 0.925 bits per heavy atom. The van der Waals surface area contributed by atoms with Gasteiger partial charge in [-0.25, -0.2) is 8.42 Å². The van der Waals surface area contributed by atoms with E-state index in [1.807, 2.05) is 75.4 Å². The fraction of sp³-hybridized carbons (Fsp3) is 0.355. The van der Waals surface area contributed by atoms with E-state index in [9.17, 15) is 18.0 Å². The molecule has 0 aliphatic rings. The molecule has 0 bridgehead atoms. The van der Waals surface area contributed by atoms with E-state index < -0.39 is 16.1 Å². The number of aryl methyl sites for hydroxylation is 2. The Labute approximate surface area is 243 Å². The number of amides is 2. The molecule has 0 radical (unpaired) electrons. The highest BCUT2D eigenvalue weighted by Gasteiger charge is 2.30. The lowest BCUT2D eigenvalue weighted by molar-refractivity contribution is -0.141.